The lowest BCUT2D eigenvalue weighted by atomic mass is 10.1. The Hall–Kier alpha value is -1.79. The second kappa shape index (κ2) is 11.8. The molecule has 2 rings (SSSR count). The van der Waals surface area contributed by atoms with Crippen LogP contribution in [0.1, 0.15) is 31.2 Å². The van der Waals surface area contributed by atoms with E-state index in [1.165, 1.54) is 7.11 Å². The molecule has 5 nitrogen and oxygen atoms in total. The summed E-state index contributed by atoms with van der Waals surface area (Å²) in [7, 11) is 1.40. The molecule has 1 aliphatic heterocycles. The summed E-state index contributed by atoms with van der Waals surface area (Å²) in [5.41, 5.74) is 1.10. The van der Waals surface area contributed by atoms with Crippen LogP contribution < -0.4 is 0 Å². The monoisotopic (exact) mass is 391 g/mol. The van der Waals surface area contributed by atoms with Crippen molar-refractivity contribution in [2.24, 2.45) is 0 Å². The first kappa shape index (κ1) is 21.5. The average Bonchev–Trinajstić information content (AvgIpc) is 3.03. The number of unbranched alkanes of at least 4 members (excludes halogenated alkanes) is 1. The second-order valence-corrected chi connectivity index (χ2v) is 7.78. The van der Waals surface area contributed by atoms with Gasteiger partial charge in [-0.25, -0.2) is 0 Å². The Morgan fingerprint density at radius 3 is 2.89 bits per heavy atom. The first-order valence-corrected chi connectivity index (χ1v) is 10.6. The van der Waals surface area contributed by atoms with E-state index in [1.54, 1.807) is 11.8 Å². The van der Waals surface area contributed by atoms with E-state index in [4.69, 9.17) is 0 Å². The number of hydrogen-bond donors (Lipinski definition) is 1. The number of likely N-dealkylation sites (tertiary alicyclic amines) is 1. The van der Waals surface area contributed by atoms with Gasteiger partial charge in [0.25, 0.3) is 0 Å². The third-order valence-electron chi connectivity index (χ3n) is 4.60. The van der Waals surface area contributed by atoms with Gasteiger partial charge >= 0.3 is 5.97 Å². The summed E-state index contributed by atoms with van der Waals surface area (Å²) >= 11 is 1.56. The topological polar surface area (TPSA) is 66.8 Å². The van der Waals surface area contributed by atoms with Crippen molar-refractivity contribution in [1.82, 2.24) is 4.90 Å². The molecule has 0 aromatic heterocycles. The van der Waals surface area contributed by atoms with Gasteiger partial charge in [0.05, 0.1) is 25.0 Å². The molecular weight excluding hydrogens is 362 g/mol. The minimum atomic E-state index is -0.542. The van der Waals surface area contributed by atoms with E-state index in [1.807, 2.05) is 47.4 Å². The van der Waals surface area contributed by atoms with Gasteiger partial charge in [-0.05, 0) is 30.6 Å². The Morgan fingerprint density at radius 2 is 2.15 bits per heavy atom. The zero-order valence-electron chi connectivity index (χ0n) is 15.9. The highest BCUT2D eigenvalue weighted by Crippen LogP contribution is 2.21. The zero-order chi connectivity index (χ0) is 19.5. The van der Waals surface area contributed by atoms with E-state index >= 15 is 0 Å². The van der Waals surface area contributed by atoms with Crippen molar-refractivity contribution >= 4 is 23.6 Å². The molecule has 1 amide bonds. The van der Waals surface area contributed by atoms with Gasteiger partial charge in [-0.3, -0.25) is 9.59 Å². The van der Waals surface area contributed by atoms with Crippen LogP contribution in [-0.4, -0.2) is 59.2 Å². The quantitative estimate of drug-likeness (QED) is 0.357. The maximum Gasteiger partial charge on any atom is 0.315 e. The zero-order valence-corrected chi connectivity index (χ0v) is 16.7. The smallest absolute Gasteiger partial charge is 0.315 e. The Kier molecular flexibility index (Phi) is 9.42. The number of nitrogens with zero attached hydrogens (tertiary/aromatic N) is 1. The first-order valence-electron chi connectivity index (χ1n) is 9.44. The number of hydrogen-bond acceptors (Lipinski definition) is 5. The Labute approximate surface area is 165 Å². The van der Waals surface area contributed by atoms with Crippen molar-refractivity contribution in [2.45, 2.75) is 44.2 Å². The fraction of sp³-hybridized carbons (Fsp3) is 0.524. The van der Waals surface area contributed by atoms with Gasteiger partial charge in [0.2, 0.25) is 5.91 Å². The lowest BCUT2D eigenvalue weighted by Crippen LogP contribution is -2.33. The van der Waals surface area contributed by atoms with E-state index in [2.05, 4.69) is 4.74 Å². The van der Waals surface area contributed by atoms with Crippen LogP contribution in [0, 0.1) is 0 Å². The first-order chi connectivity index (χ1) is 13.1. The van der Waals surface area contributed by atoms with Crippen LogP contribution in [0.25, 0.3) is 0 Å². The number of amides is 1. The van der Waals surface area contributed by atoms with Crippen LogP contribution in [0.5, 0.6) is 0 Å². The van der Waals surface area contributed by atoms with Crippen LogP contribution in [-0.2, 0) is 20.7 Å². The molecule has 6 heteroatoms. The Balaban J connectivity index is 1.72. The number of methoxy groups -OCH3 is 1. The van der Waals surface area contributed by atoms with Crippen LogP contribution in [0.2, 0.25) is 0 Å². The summed E-state index contributed by atoms with van der Waals surface area (Å²) in [6.07, 6.45) is 7.08. The van der Waals surface area contributed by atoms with Crippen LogP contribution in [0.3, 0.4) is 0 Å². The normalized spacial score (nSPS) is 18.2. The third kappa shape index (κ3) is 7.77. The largest absolute Gasteiger partial charge is 0.468 e. The van der Waals surface area contributed by atoms with E-state index in [0.29, 0.717) is 18.6 Å². The van der Waals surface area contributed by atoms with Gasteiger partial charge in [-0.1, -0.05) is 42.5 Å². The third-order valence-corrected chi connectivity index (χ3v) is 5.62. The lowest BCUT2D eigenvalue weighted by Gasteiger charge is -2.22. The summed E-state index contributed by atoms with van der Waals surface area (Å²) in [5.74, 6) is 1.25. The summed E-state index contributed by atoms with van der Waals surface area (Å²) < 4.78 is 4.61. The van der Waals surface area contributed by atoms with Gasteiger partial charge in [-0.2, -0.15) is 11.8 Å². The van der Waals surface area contributed by atoms with Crippen molar-refractivity contribution in [2.75, 3.05) is 25.2 Å². The number of esters is 1. The summed E-state index contributed by atoms with van der Waals surface area (Å²) in [6.45, 7) is 0.724. The van der Waals surface area contributed by atoms with Gasteiger partial charge < -0.3 is 14.7 Å². The highest BCUT2D eigenvalue weighted by atomic mass is 32.2. The van der Waals surface area contributed by atoms with Crippen molar-refractivity contribution in [3.63, 3.8) is 0 Å². The highest BCUT2D eigenvalue weighted by molar-refractivity contribution is 7.99. The number of ether oxygens (including phenoxy) is 1. The van der Waals surface area contributed by atoms with E-state index in [0.717, 1.165) is 37.1 Å². The van der Waals surface area contributed by atoms with Gasteiger partial charge in [-0.15, -0.1) is 0 Å². The van der Waals surface area contributed by atoms with Crippen molar-refractivity contribution in [1.29, 1.82) is 0 Å². The van der Waals surface area contributed by atoms with Crippen LogP contribution >= 0.6 is 11.8 Å². The molecule has 1 fully saturated rings. The Morgan fingerprint density at radius 1 is 1.37 bits per heavy atom. The molecular formula is C21H29NO4S. The van der Waals surface area contributed by atoms with Gasteiger partial charge in [0.1, 0.15) is 0 Å². The molecule has 0 radical (unpaired) electrons. The molecule has 1 saturated heterocycles. The molecule has 1 heterocycles. The average molecular weight is 392 g/mol. The van der Waals surface area contributed by atoms with Crippen molar-refractivity contribution in [3.05, 3.63) is 48.0 Å². The predicted octanol–water partition coefficient (Wildman–Crippen LogP) is 2.82. The van der Waals surface area contributed by atoms with Crippen LogP contribution in [0.4, 0.5) is 0 Å². The van der Waals surface area contributed by atoms with E-state index in [9.17, 15) is 14.7 Å². The molecule has 0 saturated carbocycles. The standard InChI is InChI=1S/C21H29NO4S/c1-26-21(25)16-27-14-6-5-13-22-18(10-12-20(22)24)9-11-19(23)15-17-7-3-2-4-8-17/h2-4,7-9,11,18-19,23H,5-6,10,12-16H2,1H3/b11-9+/t18-,19?/m0/s1. The summed E-state index contributed by atoms with van der Waals surface area (Å²) in [6, 6.07) is 9.97. The SMILES string of the molecule is COC(=O)CSCCCCN1C(=O)CC[C@@H]1/C=C/C(O)Cc1ccccc1. The predicted molar refractivity (Wildman–Crippen MR) is 109 cm³/mol. The van der Waals surface area contributed by atoms with Crippen LogP contribution in [0.15, 0.2) is 42.5 Å². The summed E-state index contributed by atoms with van der Waals surface area (Å²) in [5, 5.41) is 10.2. The number of aliphatic hydroxyl groups is 1. The number of aliphatic hydroxyl groups excluding tert-OH is 1. The second-order valence-electron chi connectivity index (χ2n) is 6.67. The van der Waals surface area contributed by atoms with Gasteiger partial charge in [0.15, 0.2) is 0 Å². The minimum absolute atomic E-state index is 0.0747. The summed E-state index contributed by atoms with van der Waals surface area (Å²) in [4.78, 5) is 25.1. The lowest BCUT2D eigenvalue weighted by molar-refractivity contribution is -0.137. The molecule has 0 bridgehead atoms. The molecule has 1 aromatic carbocycles. The number of benzene rings is 1. The minimum Gasteiger partial charge on any atom is -0.468 e. The molecule has 1 unspecified atom stereocenters. The maximum absolute atomic E-state index is 12.1. The molecule has 1 aromatic rings. The number of rotatable bonds is 11. The van der Waals surface area contributed by atoms with Crippen molar-refractivity contribution in [3.8, 4) is 0 Å². The number of thioether (sulfide) groups is 1. The van der Waals surface area contributed by atoms with Gasteiger partial charge in [0, 0.05) is 19.4 Å². The van der Waals surface area contributed by atoms with E-state index in [-0.39, 0.29) is 17.9 Å². The molecule has 0 spiro atoms. The number of carbonyl (C=O) groups excluding carboxylic acids is 2. The Bertz CT molecular complexity index is 620. The molecule has 27 heavy (non-hydrogen) atoms. The molecule has 1 aliphatic rings. The fourth-order valence-corrected chi connectivity index (χ4v) is 3.96. The molecule has 2 atom stereocenters. The van der Waals surface area contributed by atoms with E-state index < -0.39 is 6.10 Å². The maximum atomic E-state index is 12.1. The number of carbonyl (C=O) groups is 2. The molecule has 1 N–H and O–H groups in total. The molecule has 0 aliphatic carbocycles. The highest BCUT2D eigenvalue weighted by Gasteiger charge is 2.28. The molecule has 148 valence electrons. The fourth-order valence-electron chi connectivity index (χ4n) is 3.13. The van der Waals surface area contributed by atoms with Crippen molar-refractivity contribution < 1.29 is 19.4 Å².